The van der Waals surface area contributed by atoms with Gasteiger partial charge in [-0.1, -0.05) is 0 Å². The molecule has 2 atom stereocenters. The Balaban J connectivity index is 2.18. The summed E-state index contributed by atoms with van der Waals surface area (Å²) in [5.41, 5.74) is 6.26. The van der Waals surface area contributed by atoms with E-state index in [1.807, 2.05) is 74.5 Å². The van der Waals surface area contributed by atoms with E-state index in [4.69, 9.17) is 8.81 Å². The average Bonchev–Trinajstić information content (AvgIpc) is 2.94. The average molecular weight is 473 g/mol. The standard InChI is InChI=1S/C9H18N2O3.2C6H5.Sn/c1-5(2)4-7(10)8(12)11-6(3)9(13)14;2*1-2-4-6-5-3-1;/h5-7H,4,10H2,1-3H3,(H2,11,12,13,14);2*1-5H;/q;;;+2/p-2/t6-,7-;;;/m0.../s1. The van der Waals surface area contributed by atoms with Gasteiger partial charge in [-0.05, 0) is 0 Å². The van der Waals surface area contributed by atoms with E-state index in [9.17, 15) is 9.59 Å². The summed E-state index contributed by atoms with van der Waals surface area (Å²) in [7, 11) is 0. The summed E-state index contributed by atoms with van der Waals surface area (Å²) in [6.45, 7) is 5.81. The molecule has 6 heteroatoms. The first-order valence-corrected chi connectivity index (χ1v) is 14.6. The molecular weight excluding hydrogens is 447 g/mol. The molecule has 2 N–H and O–H groups in total. The molecule has 2 aromatic carbocycles. The molecule has 1 aliphatic heterocycles. The summed E-state index contributed by atoms with van der Waals surface area (Å²) in [6.07, 6.45) is 0.571. The Morgan fingerprint density at radius 3 is 2.00 bits per heavy atom. The minimum atomic E-state index is -4.26. The van der Waals surface area contributed by atoms with Gasteiger partial charge in [-0.3, -0.25) is 0 Å². The number of benzene rings is 2. The van der Waals surface area contributed by atoms with Crippen LogP contribution in [0.1, 0.15) is 27.2 Å². The normalized spacial score (nSPS) is 19.8. The van der Waals surface area contributed by atoms with Crippen molar-refractivity contribution < 1.29 is 12.7 Å². The number of amides is 1. The van der Waals surface area contributed by atoms with Gasteiger partial charge in [0.15, 0.2) is 0 Å². The van der Waals surface area contributed by atoms with Gasteiger partial charge in [0.05, 0.1) is 0 Å². The van der Waals surface area contributed by atoms with E-state index in [2.05, 4.69) is 0 Å². The summed E-state index contributed by atoms with van der Waals surface area (Å²) in [5, 5.41) is 0. The Morgan fingerprint density at radius 2 is 1.56 bits per heavy atom. The van der Waals surface area contributed by atoms with Crippen molar-refractivity contribution in [2.45, 2.75) is 39.3 Å². The number of nitrogens with zero attached hydrogens (tertiary/aromatic N) is 1. The van der Waals surface area contributed by atoms with Crippen molar-refractivity contribution in [2.24, 2.45) is 11.7 Å². The van der Waals surface area contributed by atoms with Crippen LogP contribution in [0.15, 0.2) is 60.7 Å². The Bertz CT molecular complexity index is 771. The molecule has 0 aromatic heterocycles. The Hall–Kier alpha value is -1.86. The van der Waals surface area contributed by atoms with Gasteiger partial charge < -0.3 is 0 Å². The number of carbonyl (C=O) groups is 2. The third kappa shape index (κ3) is 3.62. The number of rotatable bonds is 5. The zero-order chi connectivity index (χ0) is 19.6. The van der Waals surface area contributed by atoms with Crippen molar-refractivity contribution in [3.63, 3.8) is 0 Å². The Morgan fingerprint density at radius 1 is 1.07 bits per heavy atom. The van der Waals surface area contributed by atoms with Gasteiger partial charge in [0.25, 0.3) is 0 Å². The van der Waals surface area contributed by atoms with Gasteiger partial charge in [0.1, 0.15) is 0 Å². The summed E-state index contributed by atoms with van der Waals surface area (Å²) in [6, 6.07) is 18.1. The molecule has 0 saturated carbocycles. The summed E-state index contributed by atoms with van der Waals surface area (Å²) in [5.74, 6) is -0.245. The Labute approximate surface area is 165 Å². The molecule has 27 heavy (non-hydrogen) atoms. The number of hydrogen-bond donors (Lipinski definition) is 1. The molecule has 0 spiro atoms. The van der Waals surface area contributed by atoms with Crippen LogP contribution < -0.4 is 12.9 Å². The summed E-state index contributed by atoms with van der Waals surface area (Å²) in [4.78, 5) is 26.1. The van der Waals surface area contributed by atoms with Gasteiger partial charge in [-0.2, -0.15) is 0 Å². The van der Waals surface area contributed by atoms with Crippen molar-refractivity contribution in [2.75, 3.05) is 0 Å². The van der Waals surface area contributed by atoms with Gasteiger partial charge in [0.2, 0.25) is 0 Å². The Kier molecular flexibility index (Phi) is 5.91. The van der Waals surface area contributed by atoms with Crippen LogP contribution in [-0.2, 0) is 12.7 Å². The number of carbonyl (C=O) groups excluding carboxylic acids is 2. The second kappa shape index (κ2) is 8.02. The van der Waals surface area contributed by atoms with Gasteiger partial charge in [0, 0.05) is 0 Å². The van der Waals surface area contributed by atoms with Crippen molar-refractivity contribution in [3.05, 3.63) is 60.7 Å². The third-order valence-corrected chi connectivity index (χ3v) is 16.4. The second-order valence-electron chi connectivity index (χ2n) is 7.42. The predicted octanol–water partition coefficient (Wildman–Crippen LogP) is 1.39. The van der Waals surface area contributed by atoms with Gasteiger partial charge in [-0.25, -0.2) is 0 Å². The maximum absolute atomic E-state index is 13.4. The van der Waals surface area contributed by atoms with E-state index in [0.29, 0.717) is 6.42 Å². The molecule has 2 aromatic rings. The molecule has 5 nitrogen and oxygen atoms in total. The SMILES string of the molecule is CC(C)C[C@H](N)C(=O)[N]1[C@@H](C)C(=O)[O][Sn]1([c]1ccccc1)[c]1ccccc1. The molecule has 0 unspecified atom stereocenters. The first-order chi connectivity index (χ1) is 12.9. The van der Waals surface area contributed by atoms with Crippen molar-refractivity contribution >= 4 is 38.1 Å². The van der Waals surface area contributed by atoms with Crippen molar-refractivity contribution in [1.82, 2.24) is 3.12 Å². The molecular formula is C21H26N2O3Sn. The number of nitrogens with two attached hydrogens (primary N) is 1. The second-order valence-corrected chi connectivity index (χ2v) is 16.3. The molecule has 1 fully saturated rings. The van der Waals surface area contributed by atoms with Crippen LogP contribution in [-0.4, -0.2) is 46.1 Å². The van der Waals surface area contributed by atoms with Crippen molar-refractivity contribution in [3.8, 4) is 0 Å². The van der Waals surface area contributed by atoms with E-state index in [0.717, 1.165) is 7.16 Å². The van der Waals surface area contributed by atoms with E-state index >= 15 is 0 Å². The first kappa shape index (κ1) is 19.9. The van der Waals surface area contributed by atoms with Gasteiger partial charge >= 0.3 is 165 Å². The summed E-state index contributed by atoms with van der Waals surface area (Å²) < 4.78 is 9.74. The van der Waals surface area contributed by atoms with Crippen LogP contribution in [0, 0.1) is 5.92 Å². The van der Waals surface area contributed by atoms with Crippen LogP contribution in [0.5, 0.6) is 0 Å². The van der Waals surface area contributed by atoms with Crippen molar-refractivity contribution in [1.29, 1.82) is 0 Å². The molecule has 142 valence electrons. The predicted molar refractivity (Wildman–Crippen MR) is 108 cm³/mol. The van der Waals surface area contributed by atoms with Crippen LogP contribution in [0.3, 0.4) is 0 Å². The minimum absolute atomic E-state index is 0.189. The first-order valence-electron chi connectivity index (χ1n) is 9.30. The molecule has 3 rings (SSSR count). The number of hydrogen-bond acceptors (Lipinski definition) is 4. The maximum atomic E-state index is 13.4. The molecule has 0 radical (unpaired) electrons. The molecule has 1 heterocycles. The molecule has 1 aliphatic rings. The quantitative estimate of drug-likeness (QED) is 0.667. The van der Waals surface area contributed by atoms with Crippen LogP contribution >= 0.6 is 0 Å². The van der Waals surface area contributed by atoms with E-state index < -0.39 is 31.1 Å². The van der Waals surface area contributed by atoms with Crippen LogP contribution in [0.4, 0.5) is 0 Å². The molecule has 0 bridgehead atoms. The zero-order valence-electron chi connectivity index (χ0n) is 16.0. The molecule has 0 aliphatic carbocycles. The fourth-order valence-electron chi connectivity index (χ4n) is 3.68. The monoisotopic (exact) mass is 474 g/mol. The summed E-state index contributed by atoms with van der Waals surface area (Å²) >= 11 is -4.26. The molecule has 1 saturated heterocycles. The fourth-order valence-corrected chi connectivity index (χ4v) is 15.4. The van der Waals surface area contributed by atoms with Crippen LogP contribution in [0.2, 0.25) is 0 Å². The van der Waals surface area contributed by atoms with E-state index in [1.54, 1.807) is 10.0 Å². The zero-order valence-corrected chi connectivity index (χ0v) is 18.8. The topological polar surface area (TPSA) is 72.6 Å². The van der Waals surface area contributed by atoms with E-state index in [1.165, 1.54) is 0 Å². The van der Waals surface area contributed by atoms with Gasteiger partial charge in [-0.15, -0.1) is 0 Å². The van der Waals surface area contributed by atoms with Crippen LogP contribution in [0.25, 0.3) is 0 Å². The van der Waals surface area contributed by atoms with E-state index in [-0.39, 0.29) is 17.8 Å². The molecule has 1 amide bonds. The fraction of sp³-hybridized carbons (Fsp3) is 0.333. The third-order valence-electron chi connectivity index (χ3n) is 4.93.